The lowest BCUT2D eigenvalue weighted by molar-refractivity contribution is -0.0641. The van der Waals surface area contributed by atoms with Crippen molar-refractivity contribution in [2.45, 2.75) is 182 Å². The van der Waals surface area contributed by atoms with Gasteiger partial charge in [-0.25, -0.2) is 0 Å². The zero-order valence-electron chi connectivity index (χ0n) is 34.0. The van der Waals surface area contributed by atoms with E-state index in [-0.39, 0.29) is 0 Å². The predicted molar refractivity (Wildman–Crippen MR) is 209 cm³/mol. The van der Waals surface area contributed by atoms with Gasteiger partial charge in [-0.15, -0.1) is 0 Å². The Morgan fingerprint density at radius 1 is 0.755 bits per heavy atom. The molecule has 0 aromatic rings. The van der Waals surface area contributed by atoms with Crippen molar-refractivity contribution >= 4 is 0 Å². The summed E-state index contributed by atoms with van der Waals surface area (Å²) in [5.41, 5.74) is 2.81. The fraction of sp³-hybridized carbons (Fsp3) is 0.956. The van der Waals surface area contributed by atoms with Gasteiger partial charge in [-0.05, 0) is 131 Å². The molecular formula is C45H83NO3. The van der Waals surface area contributed by atoms with Crippen LogP contribution in [0.25, 0.3) is 0 Å². The molecular weight excluding hydrogens is 602 g/mol. The van der Waals surface area contributed by atoms with Crippen molar-refractivity contribution in [1.29, 1.82) is 0 Å². The fourth-order valence-corrected chi connectivity index (χ4v) is 11.3. The molecule has 4 heteroatoms. The second-order valence-electron chi connectivity index (χ2n) is 18.6. The van der Waals surface area contributed by atoms with E-state index in [0.29, 0.717) is 23.0 Å². The third kappa shape index (κ3) is 11.5. The van der Waals surface area contributed by atoms with Crippen molar-refractivity contribution in [2.24, 2.45) is 46.3 Å². The first kappa shape index (κ1) is 41.3. The molecule has 0 aromatic heterocycles. The van der Waals surface area contributed by atoms with E-state index in [1.165, 1.54) is 128 Å². The van der Waals surface area contributed by atoms with Crippen LogP contribution in [0.2, 0.25) is 0 Å². The molecule has 7 unspecified atom stereocenters. The Morgan fingerprint density at radius 2 is 1.43 bits per heavy atom. The fourth-order valence-electron chi connectivity index (χ4n) is 11.3. The van der Waals surface area contributed by atoms with E-state index in [2.05, 4.69) is 66.6 Å². The number of likely N-dealkylation sites (N-methyl/N-ethyl adjacent to an activating group) is 1. The number of hydrogen-bond donors (Lipinski definition) is 0. The van der Waals surface area contributed by atoms with Crippen LogP contribution in [-0.4, -0.2) is 64.2 Å². The molecule has 0 radical (unpaired) electrons. The summed E-state index contributed by atoms with van der Waals surface area (Å²) in [6, 6.07) is 0.354. The van der Waals surface area contributed by atoms with E-state index in [4.69, 9.17) is 14.2 Å². The number of allylic oxidation sites excluding steroid dienone is 1. The van der Waals surface area contributed by atoms with Gasteiger partial charge < -0.3 is 19.1 Å². The Kier molecular flexibility index (Phi) is 17.5. The van der Waals surface area contributed by atoms with E-state index >= 15 is 0 Å². The van der Waals surface area contributed by atoms with Gasteiger partial charge in [0.2, 0.25) is 0 Å². The zero-order valence-corrected chi connectivity index (χ0v) is 34.0. The Bertz CT molecular complexity index is 948. The molecule has 3 saturated carbocycles. The minimum Gasteiger partial charge on any atom is -0.380 e. The van der Waals surface area contributed by atoms with E-state index in [0.717, 1.165) is 68.5 Å². The average Bonchev–Trinajstić information content (AvgIpc) is 3.43. The highest BCUT2D eigenvalue weighted by Crippen LogP contribution is 2.67. The van der Waals surface area contributed by atoms with Gasteiger partial charge in [-0.2, -0.15) is 0 Å². The first-order valence-electron chi connectivity index (χ1n) is 21.7. The van der Waals surface area contributed by atoms with Crippen LogP contribution in [0.3, 0.4) is 0 Å². The Hall–Kier alpha value is -0.420. The molecule has 3 fully saturated rings. The standard InChI is InChI=1S/C45H83NO3/c1-9-10-15-29-47-33-38(46(7)8)34-48-30-16-13-11-12-14-17-31-49-39-25-27-44(5)37(32-39)21-22-40-42-24-23-41(36(4)20-18-19-35(2)3)45(42,6)28-26-43(40)44/h21,35-36,38-43H,9-20,22-34H2,1-8H3/t36-,38?,39?,40?,41-,42?,43?,44?,45?/m1/s1. The van der Waals surface area contributed by atoms with E-state index < -0.39 is 0 Å². The lowest BCUT2D eigenvalue weighted by atomic mass is 9.47. The van der Waals surface area contributed by atoms with Gasteiger partial charge in [0.1, 0.15) is 0 Å². The molecule has 0 N–H and O–H groups in total. The van der Waals surface area contributed by atoms with Crippen molar-refractivity contribution < 1.29 is 14.2 Å². The largest absolute Gasteiger partial charge is 0.380 e. The molecule has 286 valence electrons. The highest BCUT2D eigenvalue weighted by Gasteiger charge is 2.59. The van der Waals surface area contributed by atoms with Gasteiger partial charge in [-0.1, -0.05) is 111 Å². The molecule has 49 heavy (non-hydrogen) atoms. The van der Waals surface area contributed by atoms with Crippen molar-refractivity contribution in [3.8, 4) is 0 Å². The molecule has 0 spiro atoms. The van der Waals surface area contributed by atoms with Crippen LogP contribution in [0.4, 0.5) is 0 Å². The van der Waals surface area contributed by atoms with Crippen LogP contribution in [0.15, 0.2) is 11.6 Å². The highest BCUT2D eigenvalue weighted by molar-refractivity contribution is 5.25. The molecule has 0 aromatic carbocycles. The summed E-state index contributed by atoms with van der Waals surface area (Å²) in [6.07, 6.45) is 29.9. The van der Waals surface area contributed by atoms with Gasteiger partial charge in [0.05, 0.1) is 25.4 Å². The second kappa shape index (κ2) is 20.7. The number of rotatable bonds is 24. The summed E-state index contributed by atoms with van der Waals surface area (Å²) >= 11 is 0. The third-order valence-electron chi connectivity index (χ3n) is 14.5. The molecule has 0 aliphatic heterocycles. The van der Waals surface area contributed by atoms with E-state index in [9.17, 15) is 0 Å². The smallest absolute Gasteiger partial charge is 0.0644 e. The Balaban J connectivity index is 1.08. The molecule has 9 atom stereocenters. The Morgan fingerprint density at radius 3 is 2.10 bits per heavy atom. The Labute approximate surface area is 305 Å². The summed E-state index contributed by atoms with van der Waals surface area (Å²) in [4.78, 5) is 2.24. The van der Waals surface area contributed by atoms with Gasteiger partial charge in [-0.3, -0.25) is 0 Å². The number of hydrogen-bond acceptors (Lipinski definition) is 4. The van der Waals surface area contributed by atoms with Gasteiger partial charge in [0.15, 0.2) is 0 Å². The maximum Gasteiger partial charge on any atom is 0.0644 e. The maximum absolute atomic E-state index is 6.56. The van der Waals surface area contributed by atoms with Crippen LogP contribution in [0.1, 0.15) is 170 Å². The average molecular weight is 686 g/mol. The van der Waals surface area contributed by atoms with Gasteiger partial charge in [0.25, 0.3) is 0 Å². The van der Waals surface area contributed by atoms with Crippen LogP contribution < -0.4 is 0 Å². The predicted octanol–water partition coefficient (Wildman–Crippen LogP) is 11.9. The summed E-state index contributed by atoms with van der Waals surface area (Å²) in [5.74, 6) is 5.51. The van der Waals surface area contributed by atoms with Crippen molar-refractivity contribution in [1.82, 2.24) is 4.90 Å². The van der Waals surface area contributed by atoms with Crippen molar-refractivity contribution in [3.05, 3.63) is 11.6 Å². The van der Waals surface area contributed by atoms with Crippen LogP contribution in [-0.2, 0) is 14.2 Å². The monoisotopic (exact) mass is 686 g/mol. The number of nitrogens with zero attached hydrogens (tertiary/aromatic N) is 1. The summed E-state index contributed by atoms with van der Waals surface area (Å²) in [5, 5.41) is 0. The molecule has 0 saturated heterocycles. The second-order valence-corrected chi connectivity index (χ2v) is 18.6. The molecule has 4 aliphatic carbocycles. The third-order valence-corrected chi connectivity index (χ3v) is 14.5. The van der Waals surface area contributed by atoms with E-state index in [1.54, 1.807) is 5.57 Å². The topological polar surface area (TPSA) is 30.9 Å². The van der Waals surface area contributed by atoms with Crippen LogP contribution in [0.5, 0.6) is 0 Å². The molecule has 0 bridgehead atoms. The minimum atomic E-state index is 0.354. The van der Waals surface area contributed by atoms with Gasteiger partial charge in [0, 0.05) is 19.8 Å². The number of ether oxygens (including phenoxy) is 3. The molecule has 4 rings (SSSR count). The minimum absolute atomic E-state index is 0.354. The first-order valence-corrected chi connectivity index (χ1v) is 21.7. The maximum atomic E-state index is 6.56. The number of unbranched alkanes of at least 4 members (excludes halogenated alkanes) is 7. The van der Waals surface area contributed by atoms with Crippen molar-refractivity contribution in [3.63, 3.8) is 0 Å². The van der Waals surface area contributed by atoms with Crippen molar-refractivity contribution in [2.75, 3.05) is 47.1 Å². The normalized spacial score (nSPS) is 32.5. The summed E-state index contributed by atoms with van der Waals surface area (Å²) < 4.78 is 18.5. The molecule has 0 heterocycles. The summed E-state index contributed by atoms with van der Waals surface area (Å²) in [6.45, 7) is 19.3. The van der Waals surface area contributed by atoms with E-state index in [1.807, 2.05) is 0 Å². The zero-order chi connectivity index (χ0) is 35.3. The lowest BCUT2D eigenvalue weighted by Crippen LogP contribution is -2.51. The SMILES string of the molecule is CCCCCOCC(COCCCCCCCCOC1CCC2(C)C(=CCC3C2CCC2(C)C3CC[C@@H]2[C@H](C)CCCC(C)C)C1)N(C)C. The quantitative estimate of drug-likeness (QED) is 0.0747. The summed E-state index contributed by atoms with van der Waals surface area (Å²) in [7, 11) is 4.26. The van der Waals surface area contributed by atoms with Crippen LogP contribution >= 0.6 is 0 Å². The first-order chi connectivity index (χ1) is 23.6. The van der Waals surface area contributed by atoms with Crippen LogP contribution in [0, 0.1) is 46.3 Å². The molecule has 4 nitrogen and oxygen atoms in total. The highest BCUT2D eigenvalue weighted by atomic mass is 16.5. The molecule has 0 amide bonds. The number of fused-ring (bicyclic) bond motifs is 5. The lowest BCUT2D eigenvalue weighted by Gasteiger charge is -2.58. The van der Waals surface area contributed by atoms with Gasteiger partial charge >= 0.3 is 0 Å². The molecule has 4 aliphatic rings.